The minimum absolute atomic E-state index is 0.0696. The van der Waals surface area contributed by atoms with Gasteiger partial charge in [0.05, 0.1) is 0 Å². The first-order valence-electron chi connectivity index (χ1n) is 6.53. The van der Waals surface area contributed by atoms with Crippen molar-refractivity contribution in [2.75, 3.05) is 0 Å². The van der Waals surface area contributed by atoms with E-state index in [1.54, 1.807) is 0 Å². The van der Waals surface area contributed by atoms with Gasteiger partial charge in [0.2, 0.25) is 6.29 Å². The number of hydrogen-bond donors (Lipinski definition) is 0. The molecule has 19 heavy (non-hydrogen) atoms. The van der Waals surface area contributed by atoms with Crippen LogP contribution in [0.5, 0.6) is 0 Å². The molecule has 3 nitrogen and oxygen atoms in total. The third-order valence-corrected chi connectivity index (χ3v) is 7.97. The van der Waals surface area contributed by atoms with Gasteiger partial charge in [0.1, 0.15) is 0 Å². The van der Waals surface area contributed by atoms with Crippen molar-refractivity contribution in [1.82, 2.24) is 0 Å². The quantitative estimate of drug-likeness (QED) is 0.469. The molecule has 1 aromatic rings. The Morgan fingerprint density at radius 3 is 2.11 bits per heavy atom. The van der Waals surface area contributed by atoms with E-state index in [0.717, 1.165) is 5.56 Å². The molecule has 0 bridgehead atoms. The van der Waals surface area contributed by atoms with Crippen LogP contribution in [0.15, 0.2) is 30.3 Å². The summed E-state index contributed by atoms with van der Waals surface area (Å²) in [4.78, 5) is 11.3. The molecule has 0 radical (unpaired) electrons. The first kappa shape index (κ1) is 15.9. The minimum Gasteiger partial charge on any atom is -0.432 e. The standard InChI is InChI=1S/C15H24O3Si/c1-12(16)17-14(13-10-8-7-9-11-13)18-19(5,6)15(2,3)4/h7-11,14H,1-6H3. The van der Waals surface area contributed by atoms with Gasteiger partial charge in [0.25, 0.3) is 0 Å². The Bertz CT molecular complexity index is 421. The van der Waals surface area contributed by atoms with Crippen molar-refractivity contribution in [2.45, 2.75) is 52.1 Å². The van der Waals surface area contributed by atoms with E-state index in [-0.39, 0.29) is 11.0 Å². The maximum atomic E-state index is 11.3. The zero-order valence-electron chi connectivity index (χ0n) is 12.7. The zero-order chi connectivity index (χ0) is 14.7. The third-order valence-electron chi connectivity index (χ3n) is 3.55. The summed E-state index contributed by atoms with van der Waals surface area (Å²) >= 11 is 0. The van der Waals surface area contributed by atoms with E-state index in [9.17, 15) is 4.79 Å². The van der Waals surface area contributed by atoms with E-state index in [1.165, 1.54) is 6.92 Å². The Balaban J connectivity index is 2.97. The van der Waals surface area contributed by atoms with Crippen LogP contribution < -0.4 is 0 Å². The van der Waals surface area contributed by atoms with Gasteiger partial charge in [-0.05, 0) is 18.1 Å². The van der Waals surface area contributed by atoms with Gasteiger partial charge in [-0.2, -0.15) is 0 Å². The number of carbonyl (C=O) groups excluding carboxylic acids is 1. The smallest absolute Gasteiger partial charge is 0.305 e. The topological polar surface area (TPSA) is 35.5 Å². The summed E-state index contributed by atoms with van der Waals surface area (Å²) in [6.07, 6.45) is -0.611. The Morgan fingerprint density at radius 1 is 1.16 bits per heavy atom. The number of rotatable bonds is 4. The molecule has 0 N–H and O–H groups in total. The molecule has 0 aromatic heterocycles. The van der Waals surface area contributed by atoms with Gasteiger partial charge >= 0.3 is 5.97 Å². The fraction of sp³-hybridized carbons (Fsp3) is 0.533. The van der Waals surface area contributed by atoms with Crippen molar-refractivity contribution in [3.8, 4) is 0 Å². The van der Waals surface area contributed by atoms with E-state index in [0.29, 0.717) is 0 Å². The number of esters is 1. The van der Waals surface area contributed by atoms with Gasteiger partial charge in [0.15, 0.2) is 8.32 Å². The largest absolute Gasteiger partial charge is 0.432 e. The second-order valence-electron chi connectivity index (χ2n) is 6.23. The molecule has 1 aromatic carbocycles. The third kappa shape index (κ3) is 4.47. The molecule has 1 atom stereocenters. The highest BCUT2D eigenvalue weighted by Gasteiger charge is 2.40. The van der Waals surface area contributed by atoms with Gasteiger partial charge in [-0.25, -0.2) is 0 Å². The molecule has 0 fully saturated rings. The maximum Gasteiger partial charge on any atom is 0.305 e. The van der Waals surface area contributed by atoms with Crippen LogP contribution in [0.1, 0.15) is 39.5 Å². The number of carbonyl (C=O) groups is 1. The molecule has 0 spiro atoms. The Hall–Kier alpha value is -1.13. The van der Waals surface area contributed by atoms with Crippen molar-refractivity contribution in [3.05, 3.63) is 35.9 Å². The molecular formula is C15H24O3Si. The van der Waals surface area contributed by atoms with Gasteiger partial charge in [-0.1, -0.05) is 51.1 Å². The highest BCUT2D eigenvalue weighted by Crippen LogP contribution is 2.39. The number of hydrogen-bond acceptors (Lipinski definition) is 3. The van der Waals surface area contributed by atoms with Crippen molar-refractivity contribution in [3.63, 3.8) is 0 Å². The van der Waals surface area contributed by atoms with E-state index >= 15 is 0 Å². The van der Waals surface area contributed by atoms with Gasteiger partial charge in [0, 0.05) is 12.5 Å². The van der Waals surface area contributed by atoms with E-state index in [1.807, 2.05) is 30.3 Å². The second kappa shape index (κ2) is 5.88. The Kier molecular flexibility index (Phi) is 4.93. The molecule has 0 amide bonds. The van der Waals surface area contributed by atoms with Crippen molar-refractivity contribution in [2.24, 2.45) is 0 Å². The van der Waals surface area contributed by atoms with E-state index < -0.39 is 14.6 Å². The number of ether oxygens (including phenoxy) is 1. The van der Waals surface area contributed by atoms with Gasteiger partial charge in [-0.15, -0.1) is 0 Å². The summed E-state index contributed by atoms with van der Waals surface area (Å²) in [5, 5.41) is 0.0696. The van der Waals surface area contributed by atoms with Crippen LogP contribution in [0.2, 0.25) is 18.1 Å². The lowest BCUT2D eigenvalue weighted by molar-refractivity contribution is -0.163. The summed E-state index contributed by atoms with van der Waals surface area (Å²) in [5.41, 5.74) is 0.877. The van der Waals surface area contributed by atoms with Crippen LogP contribution in [0.3, 0.4) is 0 Å². The SMILES string of the molecule is CC(=O)OC(O[Si](C)(C)C(C)(C)C)c1ccccc1. The van der Waals surface area contributed by atoms with Gasteiger partial charge < -0.3 is 9.16 Å². The van der Waals surface area contributed by atoms with Crippen LogP contribution in [0.25, 0.3) is 0 Å². The summed E-state index contributed by atoms with van der Waals surface area (Å²) in [7, 11) is -1.99. The van der Waals surface area contributed by atoms with E-state index in [4.69, 9.17) is 9.16 Å². The monoisotopic (exact) mass is 280 g/mol. The fourth-order valence-electron chi connectivity index (χ4n) is 1.37. The molecule has 1 unspecified atom stereocenters. The first-order valence-corrected chi connectivity index (χ1v) is 9.44. The Labute approximate surface area is 117 Å². The van der Waals surface area contributed by atoms with Crippen molar-refractivity contribution in [1.29, 1.82) is 0 Å². The average molecular weight is 280 g/mol. The van der Waals surface area contributed by atoms with Gasteiger partial charge in [-0.3, -0.25) is 4.79 Å². The van der Waals surface area contributed by atoms with E-state index in [2.05, 4.69) is 33.9 Å². The molecule has 0 aliphatic heterocycles. The Morgan fingerprint density at radius 2 is 1.68 bits per heavy atom. The first-order chi connectivity index (χ1) is 8.63. The molecule has 0 aliphatic carbocycles. The average Bonchev–Trinajstić information content (AvgIpc) is 2.27. The lowest BCUT2D eigenvalue weighted by Crippen LogP contribution is -2.42. The summed E-state index contributed by atoms with van der Waals surface area (Å²) in [5.74, 6) is -0.326. The molecule has 4 heteroatoms. The fourth-order valence-corrected chi connectivity index (χ4v) is 2.44. The highest BCUT2D eigenvalue weighted by molar-refractivity contribution is 6.74. The molecule has 0 aliphatic rings. The van der Waals surface area contributed by atoms with Crippen LogP contribution in [0.4, 0.5) is 0 Å². The molecule has 0 saturated carbocycles. The zero-order valence-corrected chi connectivity index (χ0v) is 13.7. The molecule has 106 valence electrons. The highest BCUT2D eigenvalue weighted by atomic mass is 28.4. The molecule has 0 saturated heterocycles. The summed E-state index contributed by atoms with van der Waals surface area (Å²) in [6, 6.07) is 9.60. The predicted molar refractivity (Wildman–Crippen MR) is 79.2 cm³/mol. The van der Waals surface area contributed by atoms with Crippen molar-refractivity contribution < 1.29 is 14.0 Å². The molecule has 1 rings (SSSR count). The maximum absolute atomic E-state index is 11.3. The van der Waals surface area contributed by atoms with Crippen molar-refractivity contribution >= 4 is 14.3 Å². The lowest BCUT2D eigenvalue weighted by atomic mass is 10.2. The second-order valence-corrected chi connectivity index (χ2v) is 11.0. The van der Waals surface area contributed by atoms with Crippen LogP contribution in [-0.4, -0.2) is 14.3 Å². The lowest BCUT2D eigenvalue weighted by Gasteiger charge is -2.38. The summed E-state index contributed by atoms with van der Waals surface area (Å²) in [6.45, 7) is 12.2. The minimum atomic E-state index is -1.99. The summed E-state index contributed by atoms with van der Waals surface area (Å²) < 4.78 is 11.5. The van der Waals surface area contributed by atoms with Crippen LogP contribution in [-0.2, 0) is 14.0 Å². The normalized spacial score (nSPS) is 14.0. The van der Waals surface area contributed by atoms with Crippen LogP contribution >= 0.6 is 0 Å². The van der Waals surface area contributed by atoms with Crippen LogP contribution in [0, 0.1) is 0 Å². The molecular weight excluding hydrogens is 256 g/mol. The molecule has 0 heterocycles. The predicted octanol–water partition coefficient (Wildman–Crippen LogP) is 4.27. The number of benzene rings is 1.